The van der Waals surface area contributed by atoms with Crippen LogP contribution >= 0.6 is 0 Å². The highest BCUT2D eigenvalue weighted by atomic mass is 32.2. The summed E-state index contributed by atoms with van der Waals surface area (Å²) < 4.78 is 32.3. The summed E-state index contributed by atoms with van der Waals surface area (Å²) >= 11 is 0. The van der Waals surface area contributed by atoms with Crippen LogP contribution in [0.3, 0.4) is 0 Å². The molecule has 1 saturated heterocycles. The molecule has 2 N–H and O–H groups in total. The molecule has 34 heavy (non-hydrogen) atoms. The molecule has 3 rings (SSSR count). The second kappa shape index (κ2) is 10.5. The molecule has 1 aliphatic heterocycles. The molecule has 2 aromatic rings. The number of benzene rings is 2. The first-order chi connectivity index (χ1) is 16.0. The Labute approximate surface area is 199 Å². The highest BCUT2D eigenvalue weighted by molar-refractivity contribution is 7.89. The van der Waals surface area contributed by atoms with Crippen LogP contribution < -0.4 is 10.6 Å². The molecule has 1 heterocycles. The van der Waals surface area contributed by atoms with Crippen LogP contribution in [0.25, 0.3) is 0 Å². The Hall–Kier alpha value is -3.02. The molecule has 11 heteroatoms. The van der Waals surface area contributed by atoms with Crippen LogP contribution in [0, 0.1) is 29.9 Å². The van der Waals surface area contributed by atoms with Crippen LogP contribution in [0.2, 0.25) is 0 Å². The molecule has 0 saturated carbocycles. The molecule has 1 atom stereocenters. The van der Waals surface area contributed by atoms with Gasteiger partial charge in [0.2, 0.25) is 15.9 Å². The third-order valence-corrected chi connectivity index (χ3v) is 7.58. The Morgan fingerprint density at radius 3 is 2.38 bits per heavy atom. The number of nitrogens with one attached hydrogen (secondary N) is 2. The number of ether oxygens (including phenoxy) is 1. The van der Waals surface area contributed by atoms with Gasteiger partial charge in [0.15, 0.2) is 0 Å². The molecule has 0 spiro atoms. The minimum absolute atomic E-state index is 0.0701. The summed E-state index contributed by atoms with van der Waals surface area (Å²) in [5.74, 6) is -0.551. The largest absolute Gasteiger partial charge is 0.379 e. The number of sulfonamides is 1. The second-order valence-electron chi connectivity index (χ2n) is 8.63. The molecular formula is C23H30N4O6S. The number of nitro groups is 1. The first kappa shape index (κ1) is 25.6. The summed E-state index contributed by atoms with van der Waals surface area (Å²) in [4.78, 5) is 24.1. The van der Waals surface area contributed by atoms with E-state index in [0.717, 1.165) is 17.2 Å². The lowest BCUT2D eigenvalue weighted by atomic mass is 10.0. The zero-order chi connectivity index (χ0) is 25.0. The first-order valence-corrected chi connectivity index (χ1v) is 12.5. The molecular weight excluding hydrogens is 460 g/mol. The molecule has 0 bridgehead atoms. The topological polar surface area (TPSA) is 131 Å². The van der Waals surface area contributed by atoms with Crippen LogP contribution in [0.4, 0.5) is 17.1 Å². The quantitative estimate of drug-likeness (QED) is 0.429. The summed E-state index contributed by atoms with van der Waals surface area (Å²) in [5, 5.41) is 17.7. The maximum atomic E-state index is 13.1. The van der Waals surface area contributed by atoms with Gasteiger partial charge in [0.1, 0.15) is 11.7 Å². The van der Waals surface area contributed by atoms with Crippen molar-refractivity contribution >= 4 is 33.0 Å². The molecule has 1 aliphatic rings. The minimum atomic E-state index is -3.90. The second-order valence-corrected chi connectivity index (χ2v) is 10.6. The van der Waals surface area contributed by atoms with Gasteiger partial charge in [-0.05, 0) is 49.1 Å². The van der Waals surface area contributed by atoms with Crippen LogP contribution in [0.1, 0.15) is 25.0 Å². The average molecular weight is 491 g/mol. The zero-order valence-electron chi connectivity index (χ0n) is 19.7. The molecule has 0 aliphatic carbocycles. The fraction of sp³-hybridized carbons (Fsp3) is 0.435. The number of morpholine rings is 1. The smallest absolute Gasteiger partial charge is 0.293 e. The molecule has 0 aromatic heterocycles. The Morgan fingerprint density at radius 1 is 1.09 bits per heavy atom. The SMILES string of the molecule is Cc1ccc(C)c(NC(=O)[C@@H](Nc2ccc(S(=O)(=O)N3CCOCC3)cc2[N+](=O)[O-])C(C)C)c1. The van der Waals surface area contributed by atoms with Gasteiger partial charge in [0, 0.05) is 24.8 Å². The third-order valence-electron chi connectivity index (χ3n) is 5.68. The van der Waals surface area contributed by atoms with E-state index < -0.39 is 26.7 Å². The lowest BCUT2D eigenvalue weighted by Gasteiger charge is -2.26. The summed E-state index contributed by atoms with van der Waals surface area (Å²) in [5.41, 5.74) is 2.20. The minimum Gasteiger partial charge on any atom is -0.379 e. The number of rotatable bonds is 8. The van der Waals surface area contributed by atoms with Gasteiger partial charge in [-0.25, -0.2) is 8.42 Å². The van der Waals surface area contributed by atoms with Crippen molar-refractivity contribution in [1.29, 1.82) is 0 Å². The van der Waals surface area contributed by atoms with E-state index in [9.17, 15) is 23.3 Å². The van der Waals surface area contributed by atoms with E-state index in [2.05, 4.69) is 10.6 Å². The van der Waals surface area contributed by atoms with Crippen molar-refractivity contribution in [2.75, 3.05) is 36.9 Å². The van der Waals surface area contributed by atoms with E-state index in [1.54, 1.807) is 0 Å². The van der Waals surface area contributed by atoms with E-state index in [1.807, 2.05) is 45.9 Å². The standard InChI is InChI=1S/C23H30N4O6S/c1-15(2)22(23(28)25-20-13-16(3)5-6-17(20)4)24-19-8-7-18(14-21(19)27(29)30)34(31,32)26-9-11-33-12-10-26/h5-8,13-15,22,24H,9-12H2,1-4H3,(H,25,28)/t22-/m0/s1. The maximum Gasteiger partial charge on any atom is 0.293 e. The molecule has 0 unspecified atom stereocenters. The number of carbonyl (C=O) groups is 1. The fourth-order valence-corrected chi connectivity index (χ4v) is 5.09. The van der Waals surface area contributed by atoms with E-state index in [1.165, 1.54) is 16.4 Å². The van der Waals surface area contributed by atoms with Gasteiger partial charge in [-0.3, -0.25) is 14.9 Å². The van der Waals surface area contributed by atoms with E-state index in [4.69, 9.17) is 4.74 Å². The van der Waals surface area contributed by atoms with Crippen molar-refractivity contribution < 1.29 is 22.9 Å². The highest BCUT2D eigenvalue weighted by Crippen LogP contribution is 2.31. The van der Waals surface area contributed by atoms with Crippen LogP contribution in [0.15, 0.2) is 41.3 Å². The number of anilines is 2. The number of hydrogen-bond donors (Lipinski definition) is 2. The van der Waals surface area contributed by atoms with Crippen molar-refractivity contribution in [2.24, 2.45) is 5.92 Å². The molecule has 184 valence electrons. The summed E-state index contributed by atoms with van der Waals surface area (Å²) in [6.45, 7) is 8.36. The van der Waals surface area contributed by atoms with E-state index in [0.29, 0.717) is 5.69 Å². The molecule has 0 radical (unpaired) electrons. The van der Waals surface area contributed by atoms with Crippen LogP contribution in [-0.2, 0) is 19.6 Å². The molecule has 1 amide bonds. The van der Waals surface area contributed by atoms with Gasteiger partial charge < -0.3 is 15.4 Å². The normalized spacial score (nSPS) is 15.7. The summed E-state index contributed by atoms with van der Waals surface area (Å²) in [6, 6.07) is 8.61. The Balaban J connectivity index is 1.89. The van der Waals surface area contributed by atoms with Gasteiger partial charge in [-0.15, -0.1) is 0 Å². The lowest BCUT2D eigenvalue weighted by molar-refractivity contribution is -0.384. The number of nitrogens with zero attached hydrogens (tertiary/aromatic N) is 2. The molecule has 2 aromatic carbocycles. The molecule has 1 fully saturated rings. The summed E-state index contributed by atoms with van der Waals surface area (Å²) in [6.07, 6.45) is 0. The number of nitro benzene ring substituents is 1. The van der Waals surface area contributed by atoms with Gasteiger partial charge >= 0.3 is 0 Å². The summed E-state index contributed by atoms with van der Waals surface area (Å²) in [7, 11) is -3.90. The Morgan fingerprint density at radius 2 is 1.76 bits per heavy atom. The van der Waals surface area contributed by atoms with Gasteiger partial charge in [-0.2, -0.15) is 4.31 Å². The average Bonchev–Trinajstić information content (AvgIpc) is 2.80. The Bertz CT molecular complexity index is 1180. The number of carbonyl (C=O) groups excluding carboxylic acids is 1. The maximum absolute atomic E-state index is 13.1. The van der Waals surface area contributed by atoms with Gasteiger partial charge in [-0.1, -0.05) is 26.0 Å². The Kier molecular flexibility index (Phi) is 7.90. The van der Waals surface area contributed by atoms with Gasteiger partial charge in [0.05, 0.1) is 23.0 Å². The highest BCUT2D eigenvalue weighted by Gasteiger charge is 2.30. The predicted octanol–water partition coefficient (Wildman–Crippen LogP) is 3.31. The number of aryl methyl sites for hydroxylation is 2. The molecule has 10 nitrogen and oxygen atoms in total. The van der Waals surface area contributed by atoms with Gasteiger partial charge in [0.25, 0.3) is 5.69 Å². The van der Waals surface area contributed by atoms with Crippen molar-refractivity contribution in [3.63, 3.8) is 0 Å². The zero-order valence-corrected chi connectivity index (χ0v) is 20.5. The van der Waals surface area contributed by atoms with Crippen molar-refractivity contribution in [2.45, 2.75) is 38.6 Å². The van der Waals surface area contributed by atoms with E-state index in [-0.39, 0.29) is 48.7 Å². The number of hydrogen-bond acceptors (Lipinski definition) is 7. The third kappa shape index (κ3) is 5.72. The number of amides is 1. The lowest BCUT2D eigenvalue weighted by Crippen LogP contribution is -2.40. The predicted molar refractivity (Wildman–Crippen MR) is 129 cm³/mol. The first-order valence-electron chi connectivity index (χ1n) is 11.0. The van der Waals surface area contributed by atoms with Crippen molar-refractivity contribution in [1.82, 2.24) is 4.31 Å². The van der Waals surface area contributed by atoms with Crippen LogP contribution in [0.5, 0.6) is 0 Å². The van der Waals surface area contributed by atoms with Crippen LogP contribution in [-0.4, -0.2) is 55.9 Å². The van der Waals surface area contributed by atoms with Crippen molar-refractivity contribution in [3.8, 4) is 0 Å². The monoisotopic (exact) mass is 490 g/mol. The fourth-order valence-electron chi connectivity index (χ4n) is 3.66. The van der Waals surface area contributed by atoms with E-state index >= 15 is 0 Å². The van der Waals surface area contributed by atoms with Crippen molar-refractivity contribution in [3.05, 3.63) is 57.6 Å².